The molecule has 0 aliphatic heterocycles. The Morgan fingerprint density at radius 3 is 2.91 bits per heavy atom. The Morgan fingerprint density at radius 1 is 1.27 bits per heavy atom. The molecule has 2 nitrogen and oxygen atoms in total. The van der Waals surface area contributed by atoms with E-state index in [9.17, 15) is 0 Å². The van der Waals surface area contributed by atoms with Crippen LogP contribution in [0.5, 0.6) is 0 Å². The number of aromatic nitrogens is 1. The van der Waals surface area contributed by atoms with Gasteiger partial charge in [0.2, 0.25) is 5.22 Å². The van der Waals surface area contributed by atoms with Crippen LogP contribution in [0.2, 0.25) is 10.2 Å². The van der Waals surface area contributed by atoms with Gasteiger partial charge in [0, 0.05) is 5.02 Å². The molecule has 0 saturated heterocycles. The summed E-state index contributed by atoms with van der Waals surface area (Å²) < 4.78 is 4.73. The first-order chi connectivity index (χ1) is 5.27. The number of fused-ring (bicyclic) bond motifs is 1. The Labute approximate surface area is 72.7 Å². The van der Waals surface area contributed by atoms with Crippen molar-refractivity contribution in [3.05, 3.63) is 28.4 Å². The third kappa shape index (κ3) is 1.08. The lowest BCUT2D eigenvalue weighted by Gasteiger charge is -1.86. The van der Waals surface area contributed by atoms with Gasteiger partial charge < -0.3 is 4.52 Å². The minimum absolute atomic E-state index is 0.280. The van der Waals surface area contributed by atoms with Crippen molar-refractivity contribution in [2.75, 3.05) is 0 Å². The molecule has 0 saturated carbocycles. The summed E-state index contributed by atoms with van der Waals surface area (Å²) >= 11 is 11.4. The minimum atomic E-state index is 0.280. The molecule has 0 bridgehead atoms. The summed E-state index contributed by atoms with van der Waals surface area (Å²) in [4.78, 5) is 0. The lowest BCUT2D eigenvalue weighted by atomic mass is 10.3. The van der Waals surface area contributed by atoms with Crippen LogP contribution in [0, 0.1) is 0 Å². The van der Waals surface area contributed by atoms with Crippen LogP contribution in [0.15, 0.2) is 22.7 Å². The number of halogens is 2. The molecule has 0 spiro atoms. The van der Waals surface area contributed by atoms with E-state index in [1.54, 1.807) is 18.2 Å². The summed E-state index contributed by atoms with van der Waals surface area (Å²) in [5.74, 6) is 0. The van der Waals surface area contributed by atoms with Crippen molar-refractivity contribution >= 4 is 34.1 Å². The van der Waals surface area contributed by atoms with E-state index in [1.807, 2.05) is 0 Å². The molecule has 0 radical (unpaired) electrons. The van der Waals surface area contributed by atoms with E-state index in [-0.39, 0.29) is 5.22 Å². The largest absolute Gasteiger partial charge is 0.343 e. The number of nitrogens with zero attached hydrogens (tertiary/aromatic N) is 1. The first-order valence-corrected chi connectivity index (χ1v) is 3.73. The predicted molar refractivity (Wildman–Crippen MR) is 44.0 cm³/mol. The quantitative estimate of drug-likeness (QED) is 0.634. The number of benzene rings is 1. The molecule has 0 atom stereocenters. The van der Waals surface area contributed by atoms with Crippen LogP contribution in [0.1, 0.15) is 0 Å². The third-order valence-electron chi connectivity index (χ3n) is 1.39. The van der Waals surface area contributed by atoms with Crippen molar-refractivity contribution in [3.63, 3.8) is 0 Å². The average molecular weight is 188 g/mol. The summed E-state index contributed by atoms with van der Waals surface area (Å²) in [5, 5.41) is 5.35. The molecule has 0 aliphatic carbocycles. The van der Waals surface area contributed by atoms with E-state index in [0.717, 1.165) is 10.9 Å². The number of hydrogen-bond donors (Lipinski definition) is 0. The molecule has 0 aliphatic rings. The van der Waals surface area contributed by atoms with Gasteiger partial charge in [0.15, 0.2) is 0 Å². The fraction of sp³-hybridized carbons (Fsp3) is 0. The molecule has 1 heterocycles. The molecule has 0 fully saturated rings. The van der Waals surface area contributed by atoms with Crippen molar-refractivity contribution in [2.45, 2.75) is 0 Å². The highest BCUT2D eigenvalue weighted by Crippen LogP contribution is 2.25. The van der Waals surface area contributed by atoms with Gasteiger partial charge in [0.05, 0.1) is 5.39 Å². The Hall–Kier alpha value is -0.730. The number of rotatable bonds is 0. The summed E-state index contributed by atoms with van der Waals surface area (Å²) in [6, 6.07) is 5.21. The van der Waals surface area contributed by atoms with Crippen LogP contribution in [0.4, 0.5) is 0 Å². The summed E-state index contributed by atoms with van der Waals surface area (Å²) in [7, 11) is 0. The molecule has 0 unspecified atom stereocenters. The highest BCUT2D eigenvalue weighted by molar-refractivity contribution is 6.35. The van der Waals surface area contributed by atoms with Gasteiger partial charge in [-0.3, -0.25) is 0 Å². The summed E-state index contributed by atoms with van der Waals surface area (Å²) in [6.07, 6.45) is 0. The zero-order valence-electron chi connectivity index (χ0n) is 5.34. The van der Waals surface area contributed by atoms with Gasteiger partial charge in [-0.05, 0) is 29.8 Å². The maximum Gasteiger partial charge on any atom is 0.233 e. The highest BCUT2D eigenvalue weighted by Gasteiger charge is 2.04. The van der Waals surface area contributed by atoms with Gasteiger partial charge in [0.1, 0.15) is 5.52 Å². The molecule has 2 rings (SSSR count). The van der Waals surface area contributed by atoms with Crippen LogP contribution in [-0.4, -0.2) is 5.16 Å². The Morgan fingerprint density at radius 2 is 2.09 bits per heavy atom. The molecular formula is C7H3Cl2NO. The first kappa shape index (κ1) is 6.95. The van der Waals surface area contributed by atoms with E-state index in [0.29, 0.717) is 5.02 Å². The Kier molecular flexibility index (Phi) is 1.51. The van der Waals surface area contributed by atoms with Crippen molar-refractivity contribution < 1.29 is 4.52 Å². The molecule has 0 N–H and O–H groups in total. The van der Waals surface area contributed by atoms with Gasteiger partial charge in [-0.2, -0.15) is 0 Å². The Balaban J connectivity index is 2.87. The van der Waals surface area contributed by atoms with Crippen LogP contribution in [-0.2, 0) is 0 Å². The maximum absolute atomic E-state index is 5.72. The SMILES string of the molecule is Clc1ccc2noc(Cl)c2c1. The maximum atomic E-state index is 5.72. The zero-order chi connectivity index (χ0) is 7.84. The smallest absolute Gasteiger partial charge is 0.233 e. The first-order valence-electron chi connectivity index (χ1n) is 2.98. The normalized spacial score (nSPS) is 10.7. The van der Waals surface area contributed by atoms with Gasteiger partial charge in [-0.1, -0.05) is 16.8 Å². The van der Waals surface area contributed by atoms with E-state index in [4.69, 9.17) is 27.7 Å². The van der Waals surface area contributed by atoms with Gasteiger partial charge in [0.25, 0.3) is 0 Å². The molecule has 56 valence electrons. The molecule has 4 heteroatoms. The number of hydrogen-bond acceptors (Lipinski definition) is 2. The molecule has 0 amide bonds. The molecule has 11 heavy (non-hydrogen) atoms. The van der Waals surface area contributed by atoms with Gasteiger partial charge in [-0.25, -0.2) is 0 Å². The van der Waals surface area contributed by atoms with Crippen LogP contribution in [0.3, 0.4) is 0 Å². The van der Waals surface area contributed by atoms with Crippen molar-refractivity contribution in [1.82, 2.24) is 5.16 Å². The molecular weight excluding hydrogens is 185 g/mol. The molecule has 1 aromatic heterocycles. The fourth-order valence-corrected chi connectivity index (χ4v) is 1.24. The van der Waals surface area contributed by atoms with Gasteiger partial charge in [-0.15, -0.1) is 0 Å². The van der Waals surface area contributed by atoms with E-state index >= 15 is 0 Å². The zero-order valence-corrected chi connectivity index (χ0v) is 6.86. The minimum Gasteiger partial charge on any atom is -0.343 e. The Bertz CT molecular complexity index is 396. The topological polar surface area (TPSA) is 26.0 Å². The molecule has 2 aromatic rings. The van der Waals surface area contributed by atoms with Crippen LogP contribution < -0.4 is 0 Å². The van der Waals surface area contributed by atoms with Crippen LogP contribution >= 0.6 is 23.2 Å². The lowest BCUT2D eigenvalue weighted by molar-refractivity contribution is 0.430. The van der Waals surface area contributed by atoms with Crippen molar-refractivity contribution in [3.8, 4) is 0 Å². The standard InChI is InChI=1S/C7H3Cl2NO/c8-4-1-2-6-5(3-4)7(9)11-10-6/h1-3H. The predicted octanol–water partition coefficient (Wildman–Crippen LogP) is 3.13. The van der Waals surface area contributed by atoms with E-state index in [2.05, 4.69) is 5.16 Å². The molecule has 1 aromatic carbocycles. The van der Waals surface area contributed by atoms with Crippen molar-refractivity contribution in [1.29, 1.82) is 0 Å². The fourth-order valence-electron chi connectivity index (χ4n) is 0.884. The average Bonchev–Trinajstić information content (AvgIpc) is 2.33. The van der Waals surface area contributed by atoms with Gasteiger partial charge >= 0.3 is 0 Å². The lowest BCUT2D eigenvalue weighted by Crippen LogP contribution is -1.66. The van der Waals surface area contributed by atoms with Crippen molar-refractivity contribution in [2.24, 2.45) is 0 Å². The highest BCUT2D eigenvalue weighted by atomic mass is 35.5. The second kappa shape index (κ2) is 2.40. The van der Waals surface area contributed by atoms with Crippen LogP contribution in [0.25, 0.3) is 10.9 Å². The second-order valence-electron chi connectivity index (χ2n) is 2.12. The second-order valence-corrected chi connectivity index (χ2v) is 2.90. The summed E-state index contributed by atoms with van der Waals surface area (Å²) in [5.41, 5.74) is 0.722. The summed E-state index contributed by atoms with van der Waals surface area (Å²) in [6.45, 7) is 0. The third-order valence-corrected chi connectivity index (χ3v) is 1.90. The van der Waals surface area contributed by atoms with E-state index in [1.165, 1.54) is 0 Å². The van der Waals surface area contributed by atoms with E-state index < -0.39 is 0 Å². The monoisotopic (exact) mass is 187 g/mol.